The van der Waals surface area contributed by atoms with Crippen LogP contribution in [-0.4, -0.2) is 19.9 Å². The predicted octanol–water partition coefficient (Wildman–Crippen LogP) is 1.44. The fourth-order valence-corrected chi connectivity index (χ4v) is 1.97. The molecule has 2 aromatic heterocycles. The molecule has 74 valence electrons. The van der Waals surface area contributed by atoms with Gasteiger partial charge < -0.3 is 5.11 Å². The van der Waals surface area contributed by atoms with E-state index in [0.29, 0.717) is 5.01 Å². The van der Waals surface area contributed by atoms with Crippen LogP contribution in [0.4, 0.5) is 0 Å². The second-order valence-corrected chi connectivity index (χ2v) is 3.77. The number of hydrogen-bond donors (Lipinski definition) is 1. The summed E-state index contributed by atoms with van der Waals surface area (Å²) in [5, 5.41) is 16.6. The van der Waals surface area contributed by atoms with Gasteiger partial charge in [-0.15, -0.1) is 11.3 Å². The molecule has 0 aliphatic heterocycles. The lowest BCUT2D eigenvalue weighted by Crippen LogP contribution is -2.08. The summed E-state index contributed by atoms with van der Waals surface area (Å²) in [6.45, 7) is 2.75. The smallest absolute Gasteiger partial charge is 0.147 e. The van der Waals surface area contributed by atoms with Crippen molar-refractivity contribution in [2.75, 3.05) is 0 Å². The van der Waals surface area contributed by atoms with Crippen LogP contribution in [0.5, 0.6) is 0 Å². The molecule has 0 saturated carbocycles. The van der Waals surface area contributed by atoms with Crippen LogP contribution >= 0.6 is 11.3 Å². The fraction of sp³-hybridized carbons (Fsp3) is 0.333. The molecule has 0 aromatic carbocycles. The first-order valence-corrected chi connectivity index (χ1v) is 5.30. The van der Waals surface area contributed by atoms with E-state index in [1.54, 1.807) is 17.1 Å². The molecule has 2 heterocycles. The number of aromatic nitrogens is 3. The van der Waals surface area contributed by atoms with Gasteiger partial charge in [-0.1, -0.05) is 0 Å². The average Bonchev–Trinajstić information content (AvgIpc) is 2.87. The number of thiazole rings is 1. The minimum absolute atomic E-state index is 0.655. The molecule has 0 aliphatic rings. The van der Waals surface area contributed by atoms with E-state index in [1.807, 2.05) is 18.4 Å². The van der Waals surface area contributed by atoms with E-state index in [9.17, 15) is 5.11 Å². The molecule has 0 aliphatic carbocycles. The lowest BCUT2D eigenvalue weighted by Gasteiger charge is -2.09. The summed E-state index contributed by atoms with van der Waals surface area (Å²) in [6.07, 6.45) is 2.73. The van der Waals surface area contributed by atoms with Crippen molar-refractivity contribution in [3.8, 4) is 0 Å². The van der Waals surface area contributed by atoms with Crippen LogP contribution < -0.4 is 0 Å². The Kier molecular flexibility index (Phi) is 2.60. The highest BCUT2D eigenvalue weighted by Crippen LogP contribution is 2.22. The zero-order valence-electron chi connectivity index (χ0n) is 7.79. The average molecular weight is 209 g/mol. The van der Waals surface area contributed by atoms with Gasteiger partial charge in [0.1, 0.15) is 11.1 Å². The van der Waals surface area contributed by atoms with Gasteiger partial charge in [-0.2, -0.15) is 5.10 Å². The van der Waals surface area contributed by atoms with Gasteiger partial charge in [0.15, 0.2) is 0 Å². The molecule has 14 heavy (non-hydrogen) atoms. The molecule has 0 saturated heterocycles. The van der Waals surface area contributed by atoms with E-state index < -0.39 is 6.10 Å². The highest BCUT2D eigenvalue weighted by atomic mass is 32.1. The Balaban J connectivity index is 2.31. The molecular weight excluding hydrogens is 198 g/mol. The Hall–Kier alpha value is -1.20. The van der Waals surface area contributed by atoms with Crippen molar-refractivity contribution in [2.24, 2.45) is 0 Å². The Bertz CT molecular complexity index is 396. The number of aliphatic hydroxyl groups is 1. The van der Waals surface area contributed by atoms with E-state index in [1.165, 1.54) is 11.3 Å². The largest absolute Gasteiger partial charge is 0.380 e. The maximum Gasteiger partial charge on any atom is 0.147 e. The van der Waals surface area contributed by atoms with Crippen molar-refractivity contribution in [1.29, 1.82) is 0 Å². The summed E-state index contributed by atoms with van der Waals surface area (Å²) in [4.78, 5) is 4.07. The Morgan fingerprint density at radius 3 is 3.07 bits per heavy atom. The number of aryl methyl sites for hydroxylation is 1. The van der Waals surface area contributed by atoms with Crippen LogP contribution in [0, 0.1) is 0 Å². The number of aliphatic hydroxyl groups excluding tert-OH is 1. The van der Waals surface area contributed by atoms with Crippen LogP contribution in [0.15, 0.2) is 23.8 Å². The van der Waals surface area contributed by atoms with Crippen LogP contribution in [0.1, 0.15) is 23.7 Å². The third-order valence-electron chi connectivity index (χ3n) is 2.01. The number of nitrogens with zero attached hydrogens (tertiary/aromatic N) is 3. The topological polar surface area (TPSA) is 50.9 Å². The van der Waals surface area contributed by atoms with E-state index in [0.717, 1.165) is 12.2 Å². The van der Waals surface area contributed by atoms with Crippen molar-refractivity contribution in [1.82, 2.24) is 14.8 Å². The molecule has 1 unspecified atom stereocenters. The van der Waals surface area contributed by atoms with Crippen molar-refractivity contribution in [2.45, 2.75) is 19.6 Å². The molecule has 2 aromatic rings. The molecule has 1 N–H and O–H groups in total. The van der Waals surface area contributed by atoms with Crippen LogP contribution in [-0.2, 0) is 6.54 Å². The van der Waals surface area contributed by atoms with Crippen molar-refractivity contribution in [3.63, 3.8) is 0 Å². The third kappa shape index (κ3) is 1.56. The molecule has 0 bridgehead atoms. The molecule has 5 heteroatoms. The SMILES string of the molecule is CCn1nccc1C(O)c1nccs1. The van der Waals surface area contributed by atoms with Crippen LogP contribution in [0.2, 0.25) is 0 Å². The van der Waals surface area contributed by atoms with Gasteiger partial charge in [0.05, 0.1) is 5.69 Å². The predicted molar refractivity (Wildman–Crippen MR) is 54.1 cm³/mol. The number of rotatable bonds is 3. The summed E-state index contributed by atoms with van der Waals surface area (Å²) in [5.41, 5.74) is 0.794. The second-order valence-electron chi connectivity index (χ2n) is 2.84. The molecule has 0 spiro atoms. The minimum Gasteiger partial charge on any atom is -0.380 e. The van der Waals surface area contributed by atoms with E-state index >= 15 is 0 Å². The maximum atomic E-state index is 9.97. The van der Waals surface area contributed by atoms with Gasteiger partial charge in [0, 0.05) is 24.3 Å². The second kappa shape index (κ2) is 3.89. The minimum atomic E-state index is -0.655. The monoisotopic (exact) mass is 209 g/mol. The van der Waals surface area contributed by atoms with Crippen molar-refractivity contribution >= 4 is 11.3 Å². The molecule has 2 rings (SSSR count). The van der Waals surface area contributed by atoms with Crippen LogP contribution in [0.25, 0.3) is 0 Å². The molecule has 0 amide bonds. The van der Waals surface area contributed by atoms with E-state index in [4.69, 9.17) is 0 Å². The summed E-state index contributed by atoms with van der Waals surface area (Å²) < 4.78 is 1.77. The van der Waals surface area contributed by atoms with Gasteiger partial charge in [-0.3, -0.25) is 4.68 Å². The molecule has 0 fully saturated rings. The van der Waals surface area contributed by atoms with E-state index in [-0.39, 0.29) is 0 Å². The summed E-state index contributed by atoms with van der Waals surface area (Å²) in [7, 11) is 0. The number of hydrogen-bond acceptors (Lipinski definition) is 4. The van der Waals surface area contributed by atoms with E-state index in [2.05, 4.69) is 10.1 Å². The lowest BCUT2D eigenvalue weighted by atomic mass is 10.2. The first-order chi connectivity index (χ1) is 6.83. The molecule has 1 atom stereocenters. The third-order valence-corrected chi connectivity index (χ3v) is 2.84. The normalized spacial score (nSPS) is 13.0. The quantitative estimate of drug-likeness (QED) is 0.832. The summed E-state index contributed by atoms with van der Waals surface area (Å²) in [6, 6.07) is 1.82. The highest BCUT2D eigenvalue weighted by molar-refractivity contribution is 7.09. The first kappa shape index (κ1) is 9.36. The summed E-state index contributed by atoms with van der Waals surface area (Å²) >= 11 is 1.45. The van der Waals surface area contributed by atoms with Gasteiger partial charge in [0.25, 0.3) is 0 Å². The zero-order valence-corrected chi connectivity index (χ0v) is 8.61. The standard InChI is InChI=1S/C9H11N3OS/c1-2-12-7(3-4-11-12)8(13)9-10-5-6-14-9/h3-6,8,13H,2H2,1H3. The van der Waals surface area contributed by atoms with Crippen molar-refractivity contribution < 1.29 is 5.11 Å². The first-order valence-electron chi connectivity index (χ1n) is 4.42. The molecular formula is C9H11N3OS. The van der Waals surface area contributed by atoms with Gasteiger partial charge in [0.2, 0.25) is 0 Å². The molecule has 4 nitrogen and oxygen atoms in total. The zero-order chi connectivity index (χ0) is 9.97. The Labute approximate surface area is 85.8 Å². The van der Waals surface area contributed by atoms with Gasteiger partial charge in [-0.25, -0.2) is 4.98 Å². The Morgan fingerprint density at radius 1 is 1.57 bits per heavy atom. The van der Waals surface area contributed by atoms with Crippen molar-refractivity contribution in [3.05, 3.63) is 34.5 Å². The maximum absolute atomic E-state index is 9.97. The fourth-order valence-electron chi connectivity index (χ4n) is 1.34. The molecule has 0 radical (unpaired) electrons. The lowest BCUT2D eigenvalue weighted by molar-refractivity contribution is 0.207. The highest BCUT2D eigenvalue weighted by Gasteiger charge is 2.16. The van der Waals surface area contributed by atoms with Gasteiger partial charge >= 0.3 is 0 Å². The van der Waals surface area contributed by atoms with Gasteiger partial charge in [-0.05, 0) is 13.0 Å². The van der Waals surface area contributed by atoms with Crippen LogP contribution in [0.3, 0.4) is 0 Å². The Morgan fingerprint density at radius 2 is 2.43 bits per heavy atom. The summed E-state index contributed by atoms with van der Waals surface area (Å²) in [5.74, 6) is 0.